The van der Waals surface area contributed by atoms with Crippen LogP contribution in [0.3, 0.4) is 0 Å². The number of amides is 2. The second-order valence-electron chi connectivity index (χ2n) is 8.92. The van der Waals surface area contributed by atoms with Crippen LogP contribution in [0.2, 0.25) is 0 Å². The van der Waals surface area contributed by atoms with Crippen LogP contribution in [0.25, 0.3) is 0 Å². The minimum atomic E-state index is -4.16. The lowest BCUT2D eigenvalue weighted by Gasteiger charge is -2.15. The average molecular weight is 548 g/mol. The highest BCUT2D eigenvalue weighted by Gasteiger charge is 2.26. The van der Waals surface area contributed by atoms with Gasteiger partial charge in [-0.2, -0.15) is 8.42 Å². The Morgan fingerprint density at radius 1 is 1.00 bits per heavy atom. The van der Waals surface area contributed by atoms with Crippen LogP contribution in [-0.2, 0) is 21.2 Å². The van der Waals surface area contributed by atoms with Crippen LogP contribution < -0.4 is 24.8 Å². The van der Waals surface area contributed by atoms with Gasteiger partial charge in [-0.05, 0) is 36.2 Å². The van der Waals surface area contributed by atoms with E-state index in [0.29, 0.717) is 35.8 Å². The molecule has 0 unspecified atom stereocenters. The highest BCUT2D eigenvalue weighted by molar-refractivity contribution is 7.94. The summed E-state index contributed by atoms with van der Waals surface area (Å²) < 4.78 is 38.4. The average Bonchev–Trinajstić information content (AvgIpc) is 3.33. The summed E-state index contributed by atoms with van der Waals surface area (Å²) in [6.45, 7) is 5.47. The number of anilines is 2. The van der Waals surface area contributed by atoms with Crippen LogP contribution in [0.5, 0.6) is 11.5 Å². The number of sulfonamides is 1. The van der Waals surface area contributed by atoms with Crippen molar-refractivity contribution in [1.29, 1.82) is 0 Å². The maximum absolute atomic E-state index is 12.9. The number of carbonyl (C=O) groups is 2. The van der Waals surface area contributed by atoms with Gasteiger partial charge in [0.25, 0.3) is 20.3 Å². The molecule has 1 aromatic heterocycles. The Bertz CT molecular complexity index is 1380. The van der Waals surface area contributed by atoms with Gasteiger partial charge >= 0.3 is 0 Å². The Kier molecular flexibility index (Phi) is 8.71. The molecule has 0 aliphatic carbocycles. The number of nitrogens with zero attached hydrogens (tertiary/aromatic N) is 2. The Labute approximate surface area is 219 Å². The van der Waals surface area contributed by atoms with Crippen molar-refractivity contribution in [2.45, 2.75) is 31.5 Å². The standard InChI is InChI=1S/C24H29N5O6S2/c1-24(2,3)21(31)26-22-27-28-23(36-22)37(32,33)29-17-9-7-6-8-16(17)20(30)25-13-12-15-10-11-18(34-4)19(14-15)35-5/h6-11,14,29H,12-13H2,1-5H3,(H,25,30)(H,26,27,31). The van der Waals surface area contributed by atoms with E-state index in [1.165, 1.54) is 12.1 Å². The Balaban J connectivity index is 1.67. The zero-order valence-corrected chi connectivity index (χ0v) is 22.7. The third-order valence-electron chi connectivity index (χ3n) is 5.10. The Morgan fingerprint density at radius 2 is 1.70 bits per heavy atom. The van der Waals surface area contributed by atoms with Crippen molar-refractivity contribution in [3.05, 3.63) is 53.6 Å². The molecular weight excluding hydrogens is 518 g/mol. The van der Waals surface area contributed by atoms with Gasteiger partial charge in [0.15, 0.2) is 11.5 Å². The van der Waals surface area contributed by atoms with Crippen molar-refractivity contribution in [3.63, 3.8) is 0 Å². The second kappa shape index (κ2) is 11.6. The fraction of sp³-hybridized carbons (Fsp3) is 0.333. The van der Waals surface area contributed by atoms with Crippen molar-refractivity contribution in [2.75, 3.05) is 30.8 Å². The van der Waals surface area contributed by atoms with Crippen LogP contribution in [-0.4, -0.2) is 51.2 Å². The quantitative estimate of drug-likeness (QED) is 0.327. The number of hydrogen-bond acceptors (Lipinski definition) is 9. The first-order chi connectivity index (χ1) is 17.4. The zero-order chi connectivity index (χ0) is 27.2. The lowest BCUT2D eigenvalue weighted by Crippen LogP contribution is -2.27. The van der Waals surface area contributed by atoms with Gasteiger partial charge in [-0.25, -0.2) is 0 Å². The summed E-state index contributed by atoms with van der Waals surface area (Å²) in [4.78, 5) is 25.0. The molecule has 198 valence electrons. The number of methoxy groups -OCH3 is 2. The SMILES string of the molecule is COc1ccc(CCNC(=O)c2ccccc2NS(=O)(=O)c2nnc(NC(=O)C(C)(C)C)s2)cc1OC. The van der Waals surface area contributed by atoms with Crippen molar-refractivity contribution in [1.82, 2.24) is 15.5 Å². The van der Waals surface area contributed by atoms with Crippen molar-refractivity contribution in [3.8, 4) is 11.5 Å². The summed E-state index contributed by atoms with van der Waals surface area (Å²) in [6.07, 6.45) is 0.522. The molecule has 0 aliphatic rings. The Hall–Kier alpha value is -3.71. The van der Waals surface area contributed by atoms with E-state index in [2.05, 4.69) is 25.6 Å². The molecule has 1 heterocycles. The molecule has 0 saturated heterocycles. The van der Waals surface area contributed by atoms with E-state index in [1.54, 1.807) is 53.2 Å². The summed E-state index contributed by atoms with van der Waals surface area (Å²) >= 11 is 0.710. The number of carbonyl (C=O) groups excluding carboxylic acids is 2. The van der Waals surface area contributed by atoms with Gasteiger partial charge in [0.2, 0.25) is 11.0 Å². The van der Waals surface area contributed by atoms with Crippen LogP contribution in [0.4, 0.5) is 10.8 Å². The topological polar surface area (TPSA) is 149 Å². The third kappa shape index (κ3) is 7.17. The molecule has 0 saturated carbocycles. The maximum atomic E-state index is 12.9. The number of ether oxygens (including phenoxy) is 2. The van der Waals surface area contributed by atoms with Crippen LogP contribution >= 0.6 is 11.3 Å². The van der Waals surface area contributed by atoms with E-state index < -0.39 is 21.3 Å². The molecule has 3 N–H and O–H groups in total. The smallest absolute Gasteiger partial charge is 0.291 e. The number of rotatable bonds is 10. The van der Waals surface area contributed by atoms with Gasteiger partial charge in [-0.15, -0.1) is 10.2 Å². The van der Waals surface area contributed by atoms with Crippen LogP contribution in [0, 0.1) is 5.41 Å². The summed E-state index contributed by atoms with van der Waals surface area (Å²) in [6, 6.07) is 11.7. The van der Waals surface area contributed by atoms with Crippen molar-refractivity contribution in [2.24, 2.45) is 5.41 Å². The number of hydrogen-bond donors (Lipinski definition) is 3. The lowest BCUT2D eigenvalue weighted by molar-refractivity contribution is -0.123. The molecule has 0 fully saturated rings. The van der Waals surface area contributed by atoms with E-state index in [-0.39, 0.29) is 26.6 Å². The van der Waals surface area contributed by atoms with E-state index in [4.69, 9.17) is 9.47 Å². The largest absolute Gasteiger partial charge is 0.493 e. The predicted molar refractivity (Wildman–Crippen MR) is 141 cm³/mol. The molecule has 3 aromatic rings. The summed E-state index contributed by atoms with van der Waals surface area (Å²) in [5.74, 6) is 0.421. The molecule has 0 bridgehead atoms. The number of aromatic nitrogens is 2. The minimum Gasteiger partial charge on any atom is -0.493 e. The van der Waals surface area contributed by atoms with E-state index in [9.17, 15) is 18.0 Å². The van der Waals surface area contributed by atoms with E-state index >= 15 is 0 Å². The molecule has 0 radical (unpaired) electrons. The van der Waals surface area contributed by atoms with Gasteiger partial charge in [0, 0.05) is 12.0 Å². The van der Waals surface area contributed by atoms with Gasteiger partial charge in [0.1, 0.15) is 0 Å². The molecule has 3 rings (SSSR count). The summed E-state index contributed by atoms with van der Waals surface area (Å²) in [7, 11) is -1.06. The molecule has 2 amide bonds. The highest BCUT2D eigenvalue weighted by Crippen LogP contribution is 2.28. The first kappa shape index (κ1) is 27.9. The molecule has 13 heteroatoms. The fourth-order valence-electron chi connectivity index (χ4n) is 3.06. The third-order valence-corrected chi connectivity index (χ3v) is 7.67. The number of para-hydroxylation sites is 1. The monoisotopic (exact) mass is 547 g/mol. The molecule has 0 spiro atoms. The van der Waals surface area contributed by atoms with Gasteiger partial charge in [-0.3, -0.25) is 14.3 Å². The first-order valence-corrected chi connectivity index (χ1v) is 13.5. The summed E-state index contributed by atoms with van der Waals surface area (Å²) in [5.41, 5.74) is 0.470. The second-order valence-corrected chi connectivity index (χ2v) is 11.8. The van der Waals surface area contributed by atoms with Crippen molar-refractivity contribution < 1.29 is 27.5 Å². The fourth-order valence-corrected chi connectivity index (χ4v) is 5.04. The summed E-state index contributed by atoms with van der Waals surface area (Å²) in [5, 5.41) is 12.8. The minimum absolute atomic E-state index is 0.0569. The zero-order valence-electron chi connectivity index (χ0n) is 21.1. The van der Waals surface area contributed by atoms with Gasteiger partial charge < -0.3 is 20.1 Å². The van der Waals surface area contributed by atoms with Crippen LogP contribution in [0.1, 0.15) is 36.7 Å². The van der Waals surface area contributed by atoms with Crippen LogP contribution in [0.15, 0.2) is 46.8 Å². The molecule has 0 atom stereocenters. The number of benzene rings is 2. The number of nitrogens with one attached hydrogen (secondary N) is 3. The molecular formula is C24H29N5O6S2. The maximum Gasteiger partial charge on any atom is 0.291 e. The van der Waals surface area contributed by atoms with Gasteiger partial charge in [-0.1, -0.05) is 50.3 Å². The molecule has 11 nitrogen and oxygen atoms in total. The predicted octanol–water partition coefficient (Wildman–Crippen LogP) is 3.31. The molecule has 0 aliphatic heterocycles. The highest BCUT2D eigenvalue weighted by atomic mass is 32.2. The Morgan fingerprint density at radius 3 is 2.38 bits per heavy atom. The van der Waals surface area contributed by atoms with Gasteiger partial charge in [0.05, 0.1) is 25.5 Å². The van der Waals surface area contributed by atoms with E-state index in [1.807, 2.05) is 12.1 Å². The normalized spacial score (nSPS) is 11.5. The first-order valence-electron chi connectivity index (χ1n) is 11.2. The lowest BCUT2D eigenvalue weighted by atomic mass is 9.96. The molecule has 37 heavy (non-hydrogen) atoms. The van der Waals surface area contributed by atoms with E-state index in [0.717, 1.165) is 5.56 Å². The van der Waals surface area contributed by atoms with Crippen molar-refractivity contribution >= 4 is 44.0 Å². The molecule has 2 aromatic carbocycles.